The van der Waals surface area contributed by atoms with E-state index in [0.717, 1.165) is 12.3 Å². The fourth-order valence-corrected chi connectivity index (χ4v) is 2.09. The molecule has 0 aliphatic heterocycles. The van der Waals surface area contributed by atoms with Crippen LogP contribution in [0.5, 0.6) is 0 Å². The Morgan fingerprint density at radius 3 is 2.35 bits per heavy atom. The second kappa shape index (κ2) is 9.17. The molecule has 118 valence electrons. The second-order valence-corrected chi connectivity index (χ2v) is 6.54. The molecule has 20 heavy (non-hydrogen) atoms. The summed E-state index contributed by atoms with van der Waals surface area (Å²) in [6.07, 6.45) is 8.37. The molecule has 0 spiro atoms. The van der Waals surface area contributed by atoms with Crippen molar-refractivity contribution in [3.05, 3.63) is 12.2 Å². The van der Waals surface area contributed by atoms with Crippen LogP contribution < -0.4 is 0 Å². The standard InChI is InChI=1S/C17H32O3/c1-13(2)9-7-10-14(3)11-8-12-17(5,19)15(4)16(18)20-6/h8,12-15,19H,7,9-11H2,1-6H3. The van der Waals surface area contributed by atoms with E-state index in [1.54, 1.807) is 19.9 Å². The first-order chi connectivity index (χ1) is 9.20. The van der Waals surface area contributed by atoms with Crippen LogP contribution in [0.15, 0.2) is 12.2 Å². The Kier molecular flexibility index (Phi) is 8.79. The van der Waals surface area contributed by atoms with Crippen molar-refractivity contribution in [1.82, 2.24) is 0 Å². The summed E-state index contributed by atoms with van der Waals surface area (Å²) < 4.78 is 4.67. The molecule has 0 aromatic heterocycles. The Bertz CT molecular complexity index is 305. The first kappa shape index (κ1) is 19.2. The Morgan fingerprint density at radius 2 is 1.85 bits per heavy atom. The number of hydrogen-bond acceptors (Lipinski definition) is 3. The molecule has 0 saturated carbocycles. The van der Waals surface area contributed by atoms with Gasteiger partial charge in [-0.2, -0.15) is 0 Å². The number of carbonyl (C=O) groups is 1. The topological polar surface area (TPSA) is 46.5 Å². The van der Waals surface area contributed by atoms with E-state index < -0.39 is 11.5 Å². The third kappa shape index (κ3) is 7.68. The highest BCUT2D eigenvalue weighted by molar-refractivity contribution is 5.73. The summed E-state index contributed by atoms with van der Waals surface area (Å²) in [5.74, 6) is 0.429. The minimum absolute atomic E-state index is 0.385. The predicted octanol–water partition coefficient (Wildman–Crippen LogP) is 3.96. The second-order valence-electron chi connectivity index (χ2n) is 6.54. The van der Waals surface area contributed by atoms with Gasteiger partial charge >= 0.3 is 5.97 Å². The number of carbonyl (C=O) groups excluding carboxylic acids is 1. The predicted molar refractivity (Wildman–Crippen MR) is 83.4 cm³/mol. The van der Waals surface area contributed by atoms with E-state index in [4.69, 9.17) is 0 Å². The van der Waals surface area contributed by atoms with Crippen LogP contribution in [0.25, 0.3) is 0 Å². The molecule has 1 N–H and O–H groups in total. The number of methoxy groups -OCH3 is 1. The van der Waals surface area contributed by atoms with Crippen LogP contribution in [0.1, 0.15) is 60.3 Å². The lowest BCUT2D eigenvalue weighted by atomic mass is 9.89. The van der Waals surface area contributed by atoms with Gasteiger partial charge in [0.1, 0.15) is 0 Å². The summed E-state index contributed by atoms with van der Waals surface area (Å²) in [5, 5.41) is 10.3. The zero-order chi connectivity index (χ0) is 15.8. The van der Waals surface area contributed by atoms with Gasteiger partial charge in [0, 0.05) is 0 Å². The zero-order valence-electron chi connectivity index (χ0n) is 14.0. The highest BCUT2D eigenvalue weighted by atomic mass is 16.5. The lowest BCUT2D eigenvalue weighted by Crippen LogP contribution is -2.36. The normalized spacial score (nSPS) is 18.0. The number of hydrogen-bond donors (Lipinski definition) is 1. The molecular formula is C17H32O3. The van der Waals surface area contributed by atoms with E-state index in [2.05, 4.69) is 25.5 Å². The average molecular weight is 284 g/mol. The van der Waals surface area contributed by atoms with Crippen molar-refractivity contribution < 1.29 is 14.6 Å². The molecule has 0 aromatic rings. The maximum absolute atomic E-state index is 11.4. The van der Waals surface area contributed by atoms with Crippen molar-refractivity contribution in [1.29, 1.82) is 0 Å². The van der Waals surface area contributed by atoms with E-state index in [-0.39, 0.29) is 5.97 Å². The van der Waals surface area contributed by atoms with Crippen LogP contribution in [0.3, 0.4) is 0 Å². The molecule has 0 aromatic carbocycles. The van der Waals surface area contributed by atoms with Gasteiger partial charge in [-0.15, -0.1) is 0 Å². The quantitative estimate of drug-likeness (QED) is 0.515. The van der Waals surface area contributed by atoms with Gasteiger partial charge in [-0.05, 0) is 32.1 Å². The lowest BCUT2D eigenvalue weighted by Gasteiger charge is -2.25. The fraction of sp³-hybridized carbons (Fsp3) is 0.824. The number of ether oxygens (including phenoxy) is 1. The molecule has 0 radical (unpaired) electrons. The van der Waals surface area contributed by atoms with E-state index in [9.17, 15) is 9.90 Å². The van der Waals surface area contributed by atoms with Crippen molar-refractivity contribution in [3.8, 4) is 0 Å². The van der Waals surface area contributed by atoms with Gasteiger partial charge in [-0.25, -0.2) is 0 Å². The molecule has 0 aliphatic rings. The highest BCUT2D eigenvalue weighted by Gasteiger charge is 2.31. The number of allylic oxidation sites excluding steroid dienone is 1. The Labute approximate surface area is 124 Å². The maximum Gasteiger partial charge on any atom is 0.311 e. The summed E-state index contributed by atoms with van der Waals surface area (Å²) in [5.41, 5.74) is -1.15. The van der Waals surface area contributed by atoms with Crippen molar-refractivity contribution in [2.24, 2.45) is 17.8 Å². The summed E-state index contributed by atoms with van der Waals surface area (Å²) in [6.45, 7) is 10.0. The first-order valence-electron chi connectivity index (χ1n) is 7.68. The van der Waals surface area contributed by atoms with Gasteiger partial charge in [0.15, 0.2) is 0 Å². The van der Waals surface area contributed by atoms with Crippen LogP contribution in [-0.4, -0.2) is 23.8 Å². The molecule has 3 nitrogen and oxygen atoms in total. The average Bonchev–Trinajstić information content (AvgIpc) is 2.36. The van der Waals surface area contributed by atoms with Crippen molar-refractivity contribution in [2.75, 3.05) is 7.11 Å². The Morgan fingerprint density at radius 1 is 1.25 bits per heavy atom. The lowest BCUT2D eigenvalue weighted by molar-refractivity contribution is -0.150. The molecule has 0 rings (SSSR count). The van der Waals surface area contributed by atoms with E-state index in [1.807, 2.05) is 6.08 Å². The van der Waals surface area contributed by atoms with E-state index in [1.165, 1.54) is 26.4 Å². The number of aliphatic hydroxyl groups is 1. The molecule has 0 amide bonds. The van der Waals surface area contributed by atoms with Gasteiger partial charge < -0.3 is 9.84 Å². The van der Waals surface area contributed by atoms with E-state index >= 15 is 0 Å². The smallest absolute Gasteiger partial charge is 0.311 e. The van der Waals surface area contributed by atoms with Crippen LogP contribution in [0.2, 0.25) is 0 Å². The summed E-state index contributed by atoms with van der Waals surface area (Å²) in [7, 11) is 1.34. The number of esters is 1. The third-order valence-corrected chi connectivity index (χ3v) is 3.90. The maximum atomic E-state index is 11.4. The largest absolute Gasteiger partial charge is 0.469 e. The molecule has 3 unspecified atom stereocenters. The zero-order valence-corrected chi connectivity index (χ0v) is 14.0. The minimum Gasteiger partial charge on any atom is -0.469 e. The van der Waals surface area contributed by atoms with Crippen molar-refractivity contribution >= 4 is 5.97 Å². The SMILES string of the molecule is COC(=O)C(C)C(C)(O)C=CCC(C)CCCC(C)C. The van der Waals surface area contributed by atoms with Gasteiger partial charge in [-0.1, -0.05) is 52.2 Å². The number of rotatable bonds is 9. The monoisotopic (exact) mass is 284 g/mol. The molecular weight excluding hydrogens is 252 g/mol. The highest BCUT2D eigenvalue weighted by Crippen LogP contribution is 2.21. The van der Waals surface area contributed by atoms with Crippen LogP contribution in [0, 0.1) is 17.8 Å². The molecule has 0 fully saturated rings. The molecule has 0 aliphatic carbocycles. The molecule has 0 saturated heterocycles. The first-order valence-corrected chi connectivity index (χ1v) is 7.68. The summed E-state index contributed by atoms with van der Waals surface area (Å²) in [4.78, 5) is 11.4. The minimum atomic E-state index is -1.15. The van der Waals surface area contributed by atoms with Crippen LogP contribution in [0.4, 0.5) is 0 Å². The summed E-state index contributed by atoms with van der Waals surface area (Å²) in [6, 6.07) is 0. The molecule has 0 heterocycles. The van der Waals surface area contributed by atoms with Gasteiger partial charge in [-0.3, -0.25) is 4.79 Å². The van der Waals surface area contributed by atoms with Crippen molar-refractivity contribution in [2.45, 2.75) is 65.9 Å². The van der Waals surface area contributed by atoms with Gasteiger partial charge in [0.2, 0.25) is 0 Å². The molecule has 3 atom stereocenters. The van der Waals surface area contributed by atoms with E-state index in [0.29, 0.717) is 5.92 Å². The molecule has 3 heteroatoms. The Balaban J connectivity index is 4.18. The molecule has 0 bridgehead atoms. The Hall–Kier alpha value is -0.830. The van der Waals surface area contributed by atoms with Crippen LogP contribution >= 0.6 is 0 Å². The van der Waals surface area contributed by atoms with Crippen LogP contribution in [-0.2, 0) is 9.53 Å². The van der Waals surface area contributed by atoms with Crippen molar-refractivity contribution in [3.63, 3.8) is 0 Å². The van der Waals surface area contributed by atoms with Gasteiger partial charge in [0.25, 0.3) is 0 Å². The fourth-order valence-electron chi connectivity index (χ4n) is 2.09. The summed E-state index contributed by atoms with van der Waals surface area (Å²) >= 11 is 0. The van der Waals surface area contributed by atoms with Gasteiger partial charge in [0.05, 0.1) is 18.6 Å². The third-order valence-electron chi connectivity index (χ3n) is 3.90.